The Morgan fingerprint density at radius 2 is 0.900 bits per heavy atom. The minimum Gasteiger partial charge on any atom is -0.361 e. The summed E-state index contributed by atoms with van der Waals surface area (Å²) in [5.74, 6) is 1.06. The maximum absolute atomic E-state index is 3.90. The lowest BCUT2D eigenvalue weighted by atomic mass is 9.96. The van der Waals surface area contributed by atoms with Gasteiger partial charge in [0.05, 0.1) is 28.1 Å². The molecule has 236 valence electrons. The summed E-state index contributed by atoms with van der Waals surface area (Å²) in [6, 6.07) is 63.4. The average Bonchev–Trinajstić information content (AvgIpc) is 3.71. The summed E-state index contributed by atoms with van der Waals surface area (Å²) in [6.45, 7) is 0. The average molecular weight is 640 g/mol. The van der Waals surface area contributed by atoms with E-state index in [4.69, 9.17) is 0 Å². The van der Waals surface area contributed by atoms with Crippen molar-refractivity contribution in [2.75, 3.05) is 0 Å². The van der Waals surface area contributed by atoms with Crippen molar-refractivity contribution >= 4 is 55.0 Å². The quantitative estimate of drug-likeness (QED) is 0.199. The maximum atomic E-state index is 3.90. The Hall–Kier alpha value is -6.58. The SMILES string of the molecule is C1=C(c2ccccc2)C=C(n2c3ccccc3c3cc(-c4ccc5c(c4)c4ccccc4n5-c4ccccc4)ccc32)NC1c1ccccc1. The van der Waals surface area contributed by atoms with Gasteiger partial charge in [0.1, 0.15) is 5.82 Å². The Balaban J connectivity index is 1.14. The predicted molar refractivity (Wildman–Crippen MR) is 210 cm³/mol. The van der Waals surface area contributed by atoms with E-state index in [-0.39, 0.29) is 6.04 Å². The van der Waals surface area contributed by atoms with Gasteiger partial charge in [-0.05, 0) is 88.5 Å². The molecule has 0 aliphatic carbocycles. The third-order valence-corrected chi connectivity index (χ3v) is 10.1. The zero-order valence-corrected chi connectivity index (χ0v) is 27.4. The van der Waals surface area contributed by atoms with Gasteiger partial charge in [0.15, 0.2) is 0 Å². The minimum atomic E-state index is 0.0339. The third kappa shape index (κ3) is 4.59. The van der Waals surface area contributed by atoms with Crippen LogP contribution in [0.3, 0.4) is 0 Å². The van der Waals surface area contributed by atoms with Crippen molar-refractivity contribution in [3.63, 3.8) is 0 Å². The lowest BCUT2D eigenvalue weighted by Crippen LogP contribution is -2.24. The van der Waals surface area contributed by atoms with Crippen LogP contribution in [0.2, 0.25) is 0 Å². The molecule has 0 bridgehead atoms. The van der Waals surface area contributed by atoms with Gasteiger partial charge in [0.25, 0.3) is 0 Å². The molecular formula is C47H33N3. The highest BCUT2D eigenvalue weighted by Crippen LogP contribution is 2.39. The summed E-state index contributed by atoms with van der Waals surface area (Å²) < 4.78 is 4.77. The van der Waals surface area contributed by atoms with Crippen molar-refractivity contribution in [2.24, 2.45) is 0 Å². The summed E-state index contributed by atoms with van der Waals surface area (Å²) in [5, 5.41) is 8.89. The zero-order chi connectivity index (χ0) is 33.0. The van der Waals surface area contributed by atoms with E-state index in [0.29, 0.717) is 0 Å². The molecule has 3 heteroatoms. The fraction of sp³-hybridized carbons (Fsp3) is 0.0213. The third-order valence-electron chi connectivity index (χ3n) is 10.1. The molecule has 0 saturated heterocycles. The molecule has 7 aromatic carbocycles. The molecule has 0 amide bonds. The standard InChI is InChI=1S/C47H33N3/c1-4-14-32(15-5-1)36-30-42(33-16-6-2-7-17-33)48-47(31-36)50-44-23-13-11-21-39(44)41-29-35(25-27-46(41)50)34-24-26-45-40(28-34)38-20-10-12-22-43(38)49(45)37-18-8-3-9-19-37/h1-31,42,48H. The van der Waals surface area contributed by atoms with Crippen molar-refractivity contribution < 1.29 is 0 Å². The van der Waals surface area contributed by atoms with Crippen molar-refractivity contribution in [3.8, 4) is 16.8 Å². The molecule has 2 aromatic heterocycles. The van der Waals surface area contributed by atoms with Gasteiger partial charge in [-0.1, -0.05) is 127 Å². The molecule has 1 unspecified atom stereocenters. The first-order chi connectivity index (χ1) is 24.8. The molecule has 0 fully saturated rings. The largest absolute Gasteiger partial charge is 0.361 e. The maximum Gasteiger partial charge on any atom is 0.112 e. The van der Waals surface area contributed by atoms with Crippen molar-refractivity contribution in [1.82, 2.24) is 14.5 Å². The molecular weight excluding hydrogens is 607 g/mol. The fourth-order valence-electron chi connectivity index (χ4n) is 7.82. The Kier molecular flexibility index (Phi) is 6.56. The number of dihydropyridines is 1. The summed E-state index contributed by atoms with van der Waals surface area (Å²) in [4.78, 5) is 0. The number of rotatable bonds is 5. The van der Waals surface area contributed by atoms with Gasteiger partial charge in [-0.2, -0.15) is 0 Å². The Bertz CT molecular complexity index is 2770. The number of fused-ring (bicyclic) bond motifs is 6. The monoisotopic (exact) mass is 639 g/mol. The molecule has 0 radical (unpaired) electrons. The predicted octanol–water partition coefficient (Wildman–Crippen LogP) is 11.8. The first-order valence-corrected chi connectivity index (χ1v) is 17.2. The molecule has 3 nitrogen and oxygen atoms in total. The van der Waals surface area contributed by atoms with Crippen LogP contribution in [-0.4, -0.2) is 9.13 Å². The molecule has 0 saturated carbocycles. The van der Waals surface area contributed by atoms with Gasteiger partial charge >= 0.3 is 0 Å². The highest BCUT2D eigenvalue weighted by molar-refractivity contribution is 6.13. The summed E-state index contributed by atoms with van der Waals surface area (Å²) in [7, 11) is 0. The second-order valence-electron chi connectivity index (χ2n) is 13.1. The van der Waals surface area contributed by atoms with E-state index in [1.54, 1.807) is 0 Å². The molecule has 50 heavy (non-hydrogen) atoms. The first kappa shape index (κ1) is 28.4. The number of para-hydroxylation sites is 3. The number of allylic oxidation sites excluding steroid dienone is 2. The lowest BCUT2D eigenvalue weighted by molar-refractivity contribution is 0.739. The van der Waals surface area contributed by atoms with E-state index in [2.05, 4.69) is 203 Å². The summed E-state index contributed by atoms with van der Waals surface area (Å²) >= 11 is 0. The van der Waals surface area contributed by atoms with Gasteiger partial charge in [0.2, 0.25) is 0 Å². The Morgan fingerprint density at radius 3 is 1.54 bits per heavy atom. The van der Waals surface area contributed by atoms with E-state index in [1.165, 1.54) is 77.1 Å². The van der Waals surface area contributed by atoms with Gasteiger partial charge in [-0.15, -0.1) is 0 Å². The number of benzene rings is 7. The zero-order valence-electron chi connectivity index (χ0n) is 27.4. The van der Waals surface area contributed by atoms with E-state index in [1.807, 2.05) is 0 Å². The van der Waals surface area contributed by atoms with Crippen LogP contribution < -0.4 is 5.32 Å². The fourth-order valence-corrected chi connectivity index (χ4v) is 7.82. The van der Waals surface area contributed by atoms with E-state index < -0.39 is 0 Å². The molecule has 1 aliphatic heterocycles. The van der Waals surface area contributed by atoms with Crippen LogP contribution in [-0.2, 0) is 0 Å². The second kappa shape index (κ2) is 11.5. The Morgan fingerprint density at radius 1 is 0.400 bits per heavy atom. The number of aromatic nitrogens is 2. The number of hydrogen-bond acceptors (Lipinski definition) is 1. The highest BCUT2D eigenvalue weighted by atomic mass is 15.2. The van der Waals surface area contributed by atoms with Crippen LogP contribution in [0, 0.1) is 0 Å². The highest BCUT2D eigenvalue weighted by Gasteiger charge is 2.22. The molecule has 1 atom stereocenters. The topological polar surface area (TPSA) is 21.9 Å². The van der Waals surface area contributed by atoms with Crippen molar-refractivity contribution in [1.29, 1.82) is 0 Å². The summed E-state index contributed by atoms with van der Waals surface area (Å²) in [6.07, 6.45) is 4.63. The van der Waals surface area contributed by atoms with Gasteiger partial charge in [0, 0.05) is 27.2 Å². The first-order valence-electron chi connectivity index (χ1n) is 17.2. The smallest absolute Gasteiger partial charge is 0.112 e. The van der Waals surface area contributed by atoms with E-state index >= 15 is 0 Å². The van der Waals surface area contributed by atoms with Crippen LogP contribution in [0.1, 0.15) is 17.2 Å². The van der Waals surface area contributed by atoms with Crippen LogP contribution in [0.25, 0.3) is 71.8 Å². The molecule has 0 spiro atoms. The molecule has 1 aliphatic rings. The normalized spacial score (nSPS) is 14.6. The molecule has 9 aromatic rings. The van der Waals surface area contributed by atoms with E-state index in [0.717, 1.165) is 5.82 Å². The van der Waals surface area contributed by atoms with Gasteiger partial charge in [-0.3, -0.25) is 4.57 Å². The molecule has 1 N–H and O–H groups in total. The minimum absolute atomic E-state index is 0.0339. The molecule has 3 heterocycles. The number of nitrogens with one attached hydrogen (secondary N) is 1. The van der Waals surface area contributed by atoms with Crippen LogP contribution in [0.4, 0.5) is 0 Å². The van der Waals surface area contributed by atoms with Crippen LogP contribution >= 0.6 is 0 Å². The summed E-state index contributed by atoms with van der Waals surface area (Å²) in [5.41, 5.74) is 12.0. The Labute approximate surface area is 290 Å². The van der Waals surface area contributed by atoms with Crippen molar-refractivity contribution in [3.05, 3.63) is 199 Å². The van der Waals surface area contributed by atoms with Gasteiger partial charge in [-0.25, -0.2) is 0 Å². The van der Waals surface area contributed by atoms with E-state index in [9.17, 15) is 0 Å². The number of hydrogen-bond donors (Lipinski definition) is 1. The van der Waals surface area contributed by atoms with Crippen LogP contribution in [0.5, 0.6) is 0 Å². The van der Waals surface area contributed by atoms with Crippen LogP contribution in [0.15, 0.2) is 188 Å². The number of nitrogens with zero attached hydrogens (tertiary/aromatic N) is 2. The van der Waals surface area contributed by atoms with Crippen molar-refractivity contribution in [2.45, 2.75) is 6.04 Å². The second-order valence-corrected chi connectivity index (χ2v) is 13.1. The lowest BCUT2D eigenvalue weighted by Gasteiger charge is -2.27. The van der Waals surface area contributed by atoms with Gasteiger partial charge < -0.3 is 9.88 Å². The molecule has 10 rings (SSSR count).